The van der Waals surface area contributed by atoms with Crippen LogP contribution in [0.1, 0.15) is 5.56 Å². The van der Waals surface area contributed by atoms with Crippen molar-refractivity contribution in [2.75, 3.05) is 19.0 Å². The van der Waals surface area contributed by atoms with Crippen molar-refractivity contribution in [1.82, 2.24) is 0 Å². The summed E-state index contributed by atoms with van der Waals surface area (Å²) >= 11 is 9.16. The lowest BCUT2D eigenvalue weighted by Crippen LogP contribution is -2.13. The van der Waals surface area contributed by atoms with Crippen molar-refractivity contribution in [3.8, 4) is 17.6 Å². The van der Waals surface area contributed by atoms with E-state index >= 15 is 0 Å². The maximum atomic E-state index is 12.4. The van der Waals surface area contributed by atoms with Crippen LogP contribution >= 0.6 is 27.5 Å². The first kappa shape index (κ1) is 21.3. The molecule has 7 nitrogen and oxygen atoms in total. The third kappa shape index (κ3) is 5.74. The number of aliphatic carboxylic acids is 1. The number of amides is 1. The number of anilines is 1. The number of benzene rings is 2. The molecule has 0 fully saturated rings. The van der Waals surface area contributed by atoms with Gasteiger partial charge in [0.05, 0.1) is 11.6 Å². The maximum Gasteiger partial charge on any atom is 0.341 e. The molecular formula is C19H14BrClN2O5. The molecule has 0 atom stereocenters. The molecule has 0 radical (unpaired) electrons. The van der Waals surface area contributed by atoms with E-state index in [2.05, 4.69) is 21.2 Å². The molecule has 0 saturated carbocycles. The van der Waals surface area contributed by atoms with Crippen molar-refractivity contribution >= 4 is 51.2 Å². The summed E-state index contributed by atoms with van der Waals surface area (Å²) in [4.78, 5) is 23.1. The fourth-order valence-electron chi connectivity index (χ4n) is 2.18. The number of carboxylic acid groups (broad SMARTS) is 1. The average Bonchev–Trinajstić information content (AvgIpc) is 2.64. The lowest BCUT2D eigenvalue weighted by atomic mass is 10.1. The molecule has 0 spiro atoms. The number of rotatable bonds is 7. The largest absolute Gasteiger partial charge is 0.493 e. The van der Waals surface area contributed by atoms with Gasteiger partial charge in [-0.3, -0.25) is 4.79 Å². The van der Waals surface area contributed by atoms with Gasteiger partial charge in [-0.05, 0) is 57.9 Å². The van der Waals surface area contributed by atoms with Gasteiger partial charge in [-0.1, -0.05) is 17.7 Å². The van der Waals surface area contributed by atoms with Crippen LogP contribution in [0.4, 0.5) is 5.69 Å². The van der Waals surface area contributed by atoms with Gasteiger partial charge in [-0.25, -0.2) is 4.79 Å². The lowest BCUT2D eigenvalue weighted by molar-refractivity contribution is -0.139. The van der Waals surface area contributed by atoms with Crippen LogP contribution in [0.15, 0.2) is 46.4 Å². The highest BCUT2D eigenvalue weighted by Crippen LogP contribution is 2.37. The Kier molecular flexibility index (Phi) is 7.44. The molecule has 0 aliphatic heterocycles. The first-order valence-corrected chi connectivity index (χ1v) is 8.92. The normalized spacial score (nSPS) is 10.7. The fraction of sp³-hybridized carbons (Fsp3) is 0.105. The van der Waals surface area contributed by atoms with E-state index in [4.69, 9.17) is 26.2 Å². The zero-order chi connectivity index (χ0) is 20.7. The van der Waals surface area contributed by atoms with Crippen molar-refractivity contribution in [1.29, 1.82) is 5.26 Å². The van der Waals surface area contributed by atoms with Gasteiger partial charge in [-0.2, -0.15) is 5.26 Å². The highest BCUT2D eigenvalue weighted by Gasteiger charge is 2.15. The molecule has 28 heavy (non-hydrogen) atoms. The highest BCUT2D eigenvalue weighted by atomic mass is 79.9. The topological polar surface area (TPSA) is 109 Å². The van der Waals surface area contributed by atoms with Crippen LogP contribution in [-0.4, -0.2) is 30.7 Å². The van der Waals surface area contributed by atoms with E-state index in [0.29, 0.717) is 20.7 Å². The van der Waals surface area contributed by atoms with E-state index in [-0.39, 0.29) is 17.1 Å². The van der Waals surface area contributed by atoms with Crippen molar-refractivity contribution in [3.05, 3.63) is 57.0 Å². The van der Waals surface area contributed by atoms with Crippen molar-refractivity contribution in [2.45, 2.75) is 0 Å². The van der Waals surface area contributed by atoms with Gasteiger partial charge in [0.1, 0.15) is 11.6 Å². The molecule has 1 amide bonds. The van der Waals surface area contributed by atoms with Gasteiger partial charge in [0.15, 0.2) is 18.1 Å². The van der Waals surface area contributed by atoms with E-state index in [1.807, 2.05) is 6.07 Å². The third-order valence-electron chi connectivity index (χ3n) is 3.35. The molecule has 0 saturated heterocycles. The number of nitrogens with one attached hydrogen (secondary N) is 1. The summed E-state index contributed by atoms with van der Waals surface area (Å²) in [5.74, 6) is -1.30. The van der Waals surface area contributed by atoms with Crippen LogP contribution in [0.25, 0.3) is 6.08 Å². The Balaban J connectivity index is 2.30. The number of carboxylic acids is 1. The Morgan fingerprint density at radius 2 is 2.11 bits per heavy atom. The first-order chi connectivity index (χ1) is 13.3. The molecule has 0 aromatic heterocycles. The molecular weight excluding hydrogens is 452 g/mol. The third-order valence-corrected chi connectivity index (χ3v) is 4.17. The summed E-state index contributed by atoms with van der Waals surface area (Å²) < 4.78 is 10.8. The van der Waals surface area contributed by atoms with Gasteiger partial charge in [0, 0.05) is 10.7 Å². The van der Waals surface area contributed by atoms with Gasteiger partial charge >= 0.3 is 5.97 Å². The van der Waals surface area contributed by atoms with Crippen LogP contribution in [0.2, 0.25) is 5.02 Å². The van der Waals surface area contributed by atoms with Gasteiger partial charge < -0.3 is 19.9 Å². The number of methoxy groups -OCH3 is 1. The van der Waals surface area contributed by atoms with Gasteiger partial charge in [0.25, 0.3) is 5.91 Å². The zero-order valence-corrected chi connectivity index (χ0v) is 16.9. The standard InChI is InChI=1S/C19H14BrClN2O5/c1-27-16-7-11(6-15(20)18(16)28-10-17(24)25)5-12(9-22)19(26)23-14-4-2-3-13(21)8-14/h2-8H,10H2,1H3,(H,23,26)(H,24,25)/b12-5+. The van der Waals surface area contributed by atoms with Crippen molar-refractivity contribution in [3.63, 3.8) is 0 Å². The summed E-state index contributed by atoms with van der Waals surface area (Å²) in [5.41, 5.74) is 0.784. The molecule has 2 aromatic carbocycles. The summed E-state index contributed by atoms with van der Waals surface area (Å²) in [7, 11) is 1.39. The molecule has 9 heteroatoms. The molecule has 0 bridgehead atoms. The Hall–Kier alpha value is -3.02. The second-order valence-electron chi connectivity index (χ2n) is 5.35. The van der Waals surface area contributed by atoms with E-state index in [9.17, 15) is 14.9 Å². The minimum absolute atomic E-state index is 0.145. The summed E-state index contributed by atoms with van der Waals surface area (Å²) in [5, 5.41) is 21.1. The Morgan fingerprint density at radius 3 is 2.71 bits per heavy atom. The predicted octanol–water partition coefficient (Wildman–Crippen LogP) is 4.12. The number of carbonyl (C=O) groups is 2. The Labute approximate surface area is 174 Å². The zero-order valence-electron chi connectivity index (χ0n) is 14.5. The molecule has 0 aliphatic rings. The Bertz CT molecular complexity index is 985. The molecule has 2 N–H and O–H groups in total. The lowest BCUT2D eigenvalue weighted by Gasteiger charge is -2.12. The molecule has 0 unspecified atom stereocenters. The van der Waals surface area contributed by atoms with Crippen LogP contribution in [-0.2, 0) is 9.59 Å². The average molecular weight is 466 g/mol. The molecule has 144 valence electrons. The number of hydrogen-bond donors (Lipinski definition) is 2. The van der Waals surface area contributed by atoms with Gasteiger partial charge in [0.2, 0.25) is 0 Å². The number of nitriles is 1. The monoisotopic (exact) mass is 464 g/mol. The fourth-order valence-corrected chi connectivity index (χ4v) is 2.94. The van der Waals surface area contributed by atoms with E-state index in [1.165, 1.54) is 19.3 Å². The SMILES string of the molecule is COc1cc(/C=C(\C#N)C(=O)Nc2cccc(Cl)c2)cc(Br)c1OCC(=O)O. The number of ether oxygens (including phenoxy) is 2. The highest BCUT2D eigenvalue weighted by molar-refractivity contribution is 9.10. The van der Waals surface area contributed by atoms with E-state index < -0.39 is 18.5 Å². The second kappa shape index (κ2) is 9.78. The number of carbonyl (C=O) groups excluding carboxylic acids is 1. The predicted molar refractivity (Wildman–Crippen MR) is 107 cm³/mol. The summed E-state index contributed by atoms with van der Waals surface area (Å²) in [6, 6.07) is 11.5. The smallest absolute Gasteiger partial charge is 0.341 e. The van der Waals surface area contributed by atoms with E-state index in [1.54, 1.807) is 30.3 Å². The van der Waals surface area contributed by atoms with Crippen LogP contribution in [0.5, 0.6) is 11.5 Å². The molecule has 2 aromatic rings. The maximum absolute atomic E-state index is 12.4. The van der Waals surface area contributed by atoms with Crippen LogP contribution in [0.3, 0.4) is 0 Å². The van der Waals surface area contributed by atoms with Crippen LogP contribution in [0, 0.1) is 11.3 Å². The van der Waals surface area contributed by atoms with Crippen LogP contribution < -0.4 is 14.8 Å². The minimum Gasteiger partial charge on any atom is -0.493 e. The van der Waals surface area contributed by atoms with E-state index in [0.717, 1.165) is 0 Å². The number of nitrogens with zero attached hydrogens (tertiary/aromatic N) is 1. The quantitative estimate of drug-likeness (QED) is 0.470. The molecule has 0 heterocycles. The Morgan fingerprint density at radius 1 is 1.36 bits per heavy atom. The number of halogens is 2. The second-order valence-corrected chi connectivity index (χ2v) is 6.64. The molecule has 0 aliphatic carbocycles. The van der Waals surface area contributed by atoms with Gasteiger partial charge in [-0.15, -0.1) is 0 Å². The van der Waals surface area contributed by atoms with Crippen molar-refractivity contribution < 1.29 is 24.2 Å². The number of hydrogen-bond acceptors (Lipinski definition) is 5. The first-order valence-electron chi connectivity index (χ1n) is 7.75. The summed E-state index contributed by atoms with van der Waals surface area (Å²) in [6.07, 6.45) is 1.37. The van der Waals surface area contributed by atoms with Crippen molar-refractivity contribution in [2.24, 2.45) is 0 Å². The minimum atomic E-state index is -1.14. The summed E-state index contributed by atoms with van der Waals surface area (Å²) in [6.45, 7) is -0.546. The molecule has 2 rings (SSSR count).